The molecule has 0 spiro atoms. The Morgan fingerprint density at radius 3 is 2.95 bits per heavy atom. The third-order valence-electron chi connectivity index (χ3n) is 2.78. The number of benzene rings is 1. The Kier molecular flexibility index (Phi) is 4.75. The van der Waals surface area contributed by atoms with Crippen molar-refractivity contribution in [2.24, 2.45) is 0 Å². The number of methoxy groups -OCH3 is 1. The van der Waals surface area contributed by atoms with Crippen LogP contribution in [0.25, 0.3) is 6.08 Å². The third-order valence-corrected chi connectivity index (χ3v) is 3.15. The van der Waals surface area contributed by atoms with Crippen molar-refractivity contribution >= 4 is 23.6 Å². The number of esters is 1. The molecule has 0 amide bonds. The molecule has 1 aromatic heterocycles. The summed E-state index contributed by atoms with van der Waals surface area (Å²) in [6, 6.07) is 9.28. The molecule has 0 aliphatic heterocycles. The standard InChI is InChI=1S/C15H12ClN3O2/c1-21-15(20)13(7-17)6-11-8-18-19(9-11)10-12-4-2-3-5-14(12)16/h2-6,8-9H,10H2,1H3/b13-6+. The molecule has 0 bridgehead atoms. The predicted molar refractivity (Wildman–Crippen MR) is 78.4 cm³/mol. The highest BCUT2D eigenvalue weighted by Gasteiger charge is 2.09. The van der Waals surface area contributed by atoms with Gasteiger partial charge in [-0.15, -0.1) is 0 Å². The van der Waals surface area contributed by atoms with Crippen LogP contribution in [0.15, 0.2) is 42.2 Å². The van der Waals surface area contributed by atoms with E-state index in [0.29, 0.717) is 17.1 Å². The van der Waals surface area contributed by atoms with Crippen molar-refractivity contribution in [3.63, 3.8) is 0 Å². The molecule has 1 aromatic carbocycles. The molecule has 106 valence electrons. The molecular formula is C15H12ClN3O2. The molecule has 0 radical (unpaired) electrons. The second-order valence-corrected chi connectivity index (χ2v) is 4.63. The van der Waals surface area contributed by atoms with Crippen LogP contribution in [-0.2, 0) is 16.1 Å². The van der Waals surface area contributed by atoms with E-state index >= 15 is 0 Å². The van der Waals surface area contributed by atoms with Gasteiger partial charge in [-0.1, -0.05) is 29.8 Å². The summed E-state index contributed by atoms with van der Waals surface area (Å²) in [5.74, 6) is -0.670. The van der Waals surface area contributed by atoms with Crippen LogP contribution in [0.1, 0.15) is 11.1 Å². The number of carbonyl (C=O) groups is 1. The molecule has 1 heterocycles. The zero-order chi connectivity index (χ0) is 15.2. The Hall–Kier alpha value is -2.58. The van der Waals surface area contributed by atoms with E-state index in [1.165, 1.54) is 13.2 Å². The second-order valence-electron chi connectivity index (χ2n) is 4.22. The van der Waals surface area contributed by atoms with E-state index in [4.69, 9.17) is 16.9 Å². The molecule has 2 aromatic rings. The maximum Gasteiger partial charge on any atom is 0.348 e. The Morgan fingerprint density at radius 1 is 1.52 bits per heavy atom. The number of ether oxygens (including phenoxy) is 1. The van der Waals surface area contributed by atoms with E-state index in [1.54, 1.807) is 23.1 Å². The van der Waals surface area contributed by atoms with Crippen LogP contribution >= 0.6 is 11.6 Å². The van der Waals surface area contributed by atoms with Crippen LogP contribution in [0.2, 0.25) is 5.02 Å². The molecular weight excluding hydrogens is 290 g/mol. The average molecular weight is 302 g/mol. The van der Waals surface area contributed by atoms with Gasteiger partial charge in [-0.2, -0.15) is 10.4 Å². The van der Waals surface area contributed by atoms with Crippen LogP contribution in [0, 0.1) is 11.3 Å². The van der Waals surface area contributed by atoms with E-state index in [2.05, 4.69) is 9.84 Å². The lowest BCUT2D eigenvalue weighted by Gasteiger charge is -2.03. The number of aromatic nitrogens is 2. The summed E-state index contributed by atoms with van der Waals surface area (Å²) in [5, 5.41) is 13.7. The molecule has 0 fully saturated rings. The summed E-state index contributed by atoms with van der Waals surface area (Å²) in [6.45, 7) is 0.508. The molecule has 0 saturated carbocycles. The molecule has 0 atom stereocenters. The minimum atomic E-state index is -0.670. The first kappa shape index (κ1) is 14.8. The monoisotopic (exact) mass is 301 g/mol. The van der Waals surface area contributed by atoms with Gasteiger partial charge in [0.15, 0.2) is 0 Å². The van der Waals surface area contributed by atoms with Crippen molar-refractivity contribution in [3.05, 3.63) is 58.4 Å². The fourth-order valence-corrected chi connectivity index (χ4v) is 1.95. The van der Waals surface area contributed by atoms with Gasteiger partial charge in [-0.05, 0) is 17.7 Å². The van der Waals surface area contributed by atoms with Crippen molar-refractivity contribution in [2.45, 2.75) is 6.54 Å². The SMILES string of the molecule is COC(=O)/C(C#N)=C/c1cnn(Cc2ccccc2Cl)c1. The zero-order valence-electron chi connectivity index (χ0n) is 11.3. The Bertz CT molecular complexity index is 729. The van der Waals surface area contributed by atoms with Crippen molar-refractivity contribution in [1.82, 2.24) is 9.78 Å². The van der Waals surface area contributed by atoms with E-state index in [1.807, 2.05) is 24.3 Å². The molecule has 0 aliphatic rings. The highest BCUT2D eigenvalue weighted by molar-refractivity contribution is 6.31. The topological polar surface area (TPSA) is 67.9 Å². The lowest BCUT2D eigenvalue weighted by molar-refractivity contribution is -0.135. The highest BCUT2D eigenvalue weighted by Crippen LogP contribution is 2.16. The van der Waals surface area contributed by atoms with Crippen LogP contribution < -0.4 is 0 Å². The van der Waals surface area contributed by atoms with Gasteiger partial charge in [0.05, 0.1) is 19.9 Å². The van der Waals surface area contributed by atoms with Crippen LogP contribution in [0.4, 0.5) is 0 Å². The molecule has 0 N–H and O–H groups in total. The van der Waals surface area contributed by atoms with Gasteiger partial charge >= 0.3 is 5.97 Å². The Balaban J connectivity index is 2.19. The van der Waals surface area contributed by atoms with Crippen LogP contribution in [0.3, 0.4) is 0 Å². The van der Waals surface area contributed by atoms with E-state index in [9.17, 15) is 4.79 Å². The number of rotatable bonds is 4. The molecule has 0 unspecified atom stereocenters. The maximum atomic E-state index is 11.3. The summed E-state index contributed by atoms with van der Waals surface area (Å²) >= 11 is 6.09. The third kappa shape index (κ3) is 3.71. The molecule has 2 rings (SSSR count). The van der Waals surface area contributed by atoms with E-state index in [-0.39, 0.29) is 5.57 Å². The maximum absolute atomic E-state index is 11.3. The largest absolute Gasteiger partial charge is 0.465 e. The minimum absolute atomic E-state index is 0.0743. The summed E-state index contributed by atoms with van der Waals surface area (Å²) in [6.07, 6.45) is 4.72. The first-order valence-electron chi connectivity index (χ1n) is 6.10. The van der Waals surface area contributed by atoms with Crippen LogP contribution in [-0.4, -0.2) is 22.9 Å². The number of nitriles is 1. The predicted octanol–water partition coefficient (Wildman–Crippen LogP) is 2.66. The lowest BCUT2D eigenvalue weighted by atomic mass is 10.2. The smallest absolute Gasteiger partial charge is 0.348 e. The quantitative estimate of drug-likeness (QED) is 0.494. The van der Waals surface area contributed by atoms with Gasteiger partial charge in [0.2, 0.25) is 0 Å². The number of nitrogens with zero attached hydrogens (tertiary/aromatic N) is 3. The summed E-state index contributed by atoms with van der Waals surface area (Å²) in [5.41, 5.74) is 1.50. The summed E-state index contributed by atoms with van der Waals surface area (Å²) < 4.78 is 6.20. The zero-order valence-corrected chi connectivity index (χ0v) is 12.0. The number of hydrogen-bond donors (Lipinski definition) is 0. The Morgan fingerprint density at radius 2 is 2.29 bits per heavy atom. The molecule has 5 nitrogen and oxygen atoms in total. The number of hydrogen-bond acceptors (Lipinski definition) is 4. The average Bonchev–Trinajstić information content (AvgIpc) is 2.93. The Labute approximate surface area is 127 Å². The van der Waals surface area contributed by atoms with E-state index in [0.717, 1.165) is 5.56 Å². The fraction of sp³-hybridized carbons (Fsp3) is 0.133. The first-order valence-corrected chi connectivity index (χ1v) is 6.48. The van der Waals surface area contributed by atoms with E-state index < -0.39 is 5.97 Å². The van der Waals surface area contributed by atoms with Gasteiger partial charge in [0.25, 0.3) is 0 Å². The van der Waals surface area contributed by atoms with Gasteiger partial charge in [0, 0.05) is 16.8 Å². The highest BCUT2D eigenvalue weighted by atomic mass is 35.5. The minimum Gasteiger partial charge on any atom is -0.465 e. The molecule has 0 saturated heterocycles. The normalized spacial score (nSPS) is 11.0. The first-order chi connectivity index (χ1) is 10.1. The van der Waals surface area contributed by atoms with Crippen molar-refractivity contribution in [2.75, 3.05) is 7.11 Å². The van der Waals surface area contributed by atoms with Crippen molar-refractivity contribution in [3.8, 4) is 6.07 Å². The number of carbonyl (C=O) groups excluding carboxylic acids is 1. The molecule has 21 heavy (non-hydrogen) atoms. The van der Waals surface area contributed by atoms with Gasteiger partial charge in [-0.25, -0.2) is 4.79 Å². The van der Waals surface area contributed by atoms with Crippen LogP contribution in [0.5, 0.6) is 0 Å². The van der Waals surface area contributed by atoms with Gasteiger partial charge in [0.1, 0.15) is 11.6 Å². The second kappa shape index (κ2) is 6.73. The van der Waals surface area contributed by atoms with Gasteiger partial charge in [-0.3, -0.25) is 4.68 Å². The molecule has 6 heteroatoms. The van der Waals surface area contributed by atoms with Crippen molar-refractivity contribution in [1.29, 1.82) is 5.26 Å². The lowest BCUT2D eigenvalue weighted by Crippen LogP contribution is -2.02. The fourth-order valence-electron chi connectivity index (χ4n) is 1.76. The summed E-state index contributed by atoms with van der Waals surface area (Å²) in [4.78, 5) is 11.3. The molecule has 0 aliphatic carbocycles. The number of halogens is 1. The van der Waals surface area contributed by atoms with Crippen molar-refractivity contribution < 1.29 is 9.53 Å². The van der Waals surface area contributed by atoms with Gasteiger partial charge < -0.3 is 4.74 Å². The summed E-state index contributed by atoms with van der Waals surface area (Å²) in [7, 11) is 1.23.